The van der Waals surface area contributed by atoms with E-state index >= 15 is 0 Å². The van der Waals surface area contributed by atoms with Gasteiger partial charge < -0.3 is 0 Å². The number of hydrogen-bond donors (Lipinski definition) is 0. The van der Waals surface area contributed by atoms with Crippen molar-refractivity contribution in [2.24, 2.45) is 0 Å². The molecule has 0 fully saturated rings. The van der Waals surface area contributed by atoms with Gasteiger partial charge in [0.05, 0.1) is 5.56 Å². The summed E-state index contributed by atoms with van der Waals surface area (Å²) in [6.45, 7) is 0. The van der Waals surface area contributed by atoms with Crippen molar-refractivity contribution in [3.8, 4) is 5.82 Å². The molecule has 0 atom stereocenters. The topological polar surface area (TPSA) is 60.7 Å². The van der Waals surface area contributed by atoms with Crippen molar-refractivity contribution in [2.45, 2.75) is 0 Å². The van der Waals surface area contributed by atoms with E-state index in [4.69, 9.17) is 0 Å². The third-order valence-corrected chi connectivity index (χ3v) is 2.23. The molecular formula is C8H5BrN4O. The minimum Gasteiger partial charge on any atom is -0.298 e. The molecule has 0 radical (unpaired) electrons. The molecule has 5 nitrogen and oxygen atoms in total. The number of nitrogens with zero attached hydrogens (tertiary/aromatic N) is 4. The molecule has 2 aromatic heterocycles. The molecule has 0 unspecified atom stereocenters. The van der Waals surface area contributed by atoms with Gasteiger partial charge in [0, 0.05) is 12.4 Å². The fraction of sp³-hybridized carbons (Fsp3) is 0. The van der Waals surface area contributed by atoms with Crippen LogP contribution in [0.3, 0.4) is 0 Å². The summed E-state index contributed by atoms with van der Waals surface area (Å²) in [5.41, 5.74) is 0.482. The van der Waals surface area contributed by atoms with Crippen molar-refractivity contribution < 1.29 is 4.79 Å². The average molecular weight is 253 g/mol. The molecule has 0 spiro atoms. The minimum absolute atomic E-state index is 0.482. The third kappa shape index (κ3) is 1.56. The van der Waals surface area contributed by atoms with Gasteiger partial charge >= 0.3 is 0 Å². The highest BCUT2D eigenvalue weighted by atomic mass is 79.9. The maximum Gasteiger partial charge on any atom is 0.175 e. The lowest BCUT2D eigenvalue weighted by Gasteiger charge is -1.95. The molecule has 0 aliphatic rings. The number of carbonyl (C=O) groups excluding carboxylic acids is 1. The molecule has 0 aromatic carbocycles. The lowest BCUT2D eigenvalue weighted by atomic mass is 10.4. The Morgan fingerprint density at radius 2 is 2.36 bits per heavy atom. The summed E-state index contributed by atoms with van der Waals surface area (Å²) in [5, 5.41) is 11.6. The van der Waals surface area contributed by atoms with Crippen LogP contribution in [-0.2, 0) is 0 Å². The van der Waals surface area contributed by atoms with E-state index in [0.717, 1.165) is 6.29 Å². The second-order valence-electron chi connectivity index (χ2n) is 2.52. The summed E-state index contributed by atoms with van der Waals surface area (Å²) in [4.78, 5) is 10.6. The van der Waals surface area contributed by atoms with Gasteiger partial charge in [-0.2, -0.15) is 10.2 Å². The van der Waals surface area contributed by atoms with Gasteiger partial charge in [-0.05, 0) is 28.1 Å². The van der Waals surface area contributed by atoms with Crippen LogP contribution in [0, 0.1) is 0 Å². The highest BCUT2D eigenvalue weighted by Crippen LogP contribution is 2.13. The number of hydrogen-bond acceptors (Lipinski definition) is 4. The van der Waals surface area contributed by atoms with E-state index in [1.54, 1.807) is 24.5 Å². The number of aromatic nitrogens is 4. The summed E-state index contributed by atoms with van der Waals surface area (Å²) < 4.78 is 1.99. The molecule has 2 heterocycles. The lowest BCUT2D eigenvalue weighted by molar-refractivity contribution is 0.112. The molecule has 0 bridgehead atoms. The van der Waals surface area contributed by atoms with Gasteiger partial charge in [0.15, 0.2) is 12.1 Å². The fourth-order valence-corrected chi connectivity index (χ4v) is 1.34. The predicted octanol–water partition coefficient (Wildman–Crippen LogP) is 1.24. The molecule has 2 rings (SSSR count). The number of rotatable bonds is 2. The van der Waals surface area contributed by atoms with E-state index in [-0.39, 0.29) is 0 Å². The van der Waals surface area contributed by atoms with E-state index in [9.17, 15) is 4.79 Å². The summed E-state index contributed by atoms with van der Waals surface area (Å²) in [5.74, 6) is 0.571. The number of carbonyl (C=O) groups is 1. The first-order valence-corrected chi connectivity index (χ1v) is 4.59. The van der Waals surface area contributed by atoms with Crippen LogP contribution >= 0.6 is 15.9 Å². The Balaban J connectivity index is 2.48. The molecule has 6 heteroatoms. The quantitative estimate of drug-likeness (QED) is 0.755. The monoisotopic (exact) mass is 252 g/mol. The van der Waals surface area contributed by atoms with Crippen molar-refractivity contribution in [3.05, 3.63) is 34.7 Å². The Labute approximate surface area is 87.9 Å². The van der Waals surface area contributed by atoms with E-state index < -0.39 is 0 Å². The summed E-state index contributed by atoms with van der Waals surface area (Å²) in [7, 11) is 0. The van der Waals surface area contributed by atoms with E-state index in [0.29, 0.717) is 16.0 Å². The molecule has 0 aliphatic heterocycles. The van der Waals surface area contributed by atoms with Crippen molar-refractivity contribution in [1.82, 2.24) is 20.0 Å². The highest BCUT2D eigenvalue weighted by Gasteiger charge is 2.06. The van der Waals surface area contributed by atoms with E-state index in [1.807, 2.05) is 0 Å². The molecule has 0 N–H and O–H groups in total. The van der Waals surface area contributed by atoms with Crippen LogP contribution in [0.15, 0.2) is 29.1 Å². The lowest BCUT2D eigenvalue weighted by Crippen LogP contribution is -1.98. The van der Waals surface area contributed by atoms with Crippen LogP contribution in [0.25, 0.3) is 5.82 Å². The van der Waals surface area contributed by atoms with Crippen LogP contribution in [0.1, 0.15) is 10.4 Å². The molecule has 0 amide bonds. The molecule has 14 heavy (non-hydrogen) atoms. The number of halogens is 1. The molecule has 2 aromatic rings. The smallest absolute Gasteiger partial charge is 0.175 e. The van der Waals surface area contributed by atoms with Crippen molar-refractivity contribution in [2.75, 3.05) is 0 Å². The Hall–Kier alpha value is -1.56. The zero-order chi connectivity index (χ0) is 9.97. The van der Waals surface area contributed by atoms with E-state index in [1.165, 1.54) is 4.68 Å². The van der Waals surface area contributed by atoms with Crippen molar-refractivity contribution in [1.29, 1.82) is 0 Å². The predicted molar refractivity (Wildman–Crippen MR) is 52.2 cm³/mol. The van der Waals surface area contributed by atoms with Crippen molar-refractivity contribution in [3.63, 3.8) is 0 Å². The van der Waals surface area contributed by atoms with Gasteiger partial charge in [0.25, 0.3) is 0 Å². The van der Waals surface area contributed by atoms with Gasteiger partial charge in [-0.1, -0.05) is 0 Å². The largest absolute Gasteiger partial charge is 0.298 e. The Morgan fingerprint density at radius 3 is 2.93 bits per heavy atom. The molecule has 0 saturated carbocycles. The fourth-order valence-electron chi connectivity index (χ4n) is 0.978. The van der Waals surface area contributed by atoms with Gasteiger partial charge in [0.2, 0.25) is 0 Å². The zero-order valence-electron chi connectivity index (χ0n) is 6.96. The van der Waals surface area contributed by atoms with E-state index in [2.05, 4.69) is 31.2 Å². The minimum atomic E-state index is 0.482. The first kappa shape index (κ1) is 9.01. The van der Waals surface area contributed by atoms with Crippen LogP contribution in [-0.4, -0.2) is 26.3 Å². The van der Waals surface area contributed by atoms with Crippen molar-refractivity contribution >= 4 is 22.2 Å². The summed E-state index contributed by atoms with van der Waals surface area (Å²) in [6.07, 6.45) is 3.88. The molecule has 70 valence electrons. The maximum absolute atomic E-state index is 10.6. The molecular weight excluding hydrogens is 248 g/mol. The molecule has 0 aliphatic carbocycles. The Bertz CT molecular complexity index is 454. The Morgan fingerprint density at radius 1 is 1.50 bits per heavy atom. The Kier molecular flexibility index (Phi) is 2.36. The first-order valence-electron chi connectivity index (χ1n) is 3.79. The highest BCUT2D eigenvalue weighted by molar-refractivity contribution is 9.10. The van der Waals surface area contributed by atoms with Gasteiger partial charge in [-0.15, -0.1) is 5.10 Å². The second-order valence-corrected chi connectivity index (χ2v) is 3.27. The second kappa shape index (κ2) is 3.67. The summed E-state index contributed by atoms with van der Waals surface area (Å²) >= 11 is 3.16. The van der Waals surface area contributed by atoms with Gasteiger partial charge in [-0.25, -0.2) is 4.68 Å². The normalized spacial score (nSPS) is 10.1. The molecule has 0 saturated heterocycles. The SMILES string of the molecule is O=Cc1cn(-c2cccnn2)nc1Br. The standard InChI is InChI=1S/C8H5BrN4O/c9-8-6(5-14)4-13(12-8)7-2-1-3-10-11-7/h1-5H. The van der Waals surface area contributed by atoms with Crippen LogP contribution in [0.4, 0.5) is 0 Å². The summed E-state index contributed by atoms with van der Waals surface area (Å²) in [6, 6.07) is 3.50. The van der Waals surface area contributed by atoms with Gasteiger partial charge in [-0.3, -0.25) is 4.79 Å². The third-order valence-electron chi connectivity index (χ3n) is 1.62. The zero-order valence-corrected chi connectivity index (χ0v) is 8.55. The van der Waals surface area contributed by atoms with Crippen LogP contribution in [0.5, 0.6) is 0 Å². The van der Waals surface area contributed by atoms with Gasteiger partial charge in [0.1, 0.15) is 4.60 Å². The van der Waals surface area contributed by atoms with Crippen LogP contribution in [0.2, 0.25) is 0 Å². The number of aldehydes is 1. The first-order chi connectivity index (χ1) is 6.81. The maximum atomic E-state index is 10.6. The average Bonchev–Trinajstić information content (AvgIpc) is 2.61. The van der Waals surface area contributed by atoms with Crippen LogP contribution < -0.4 is 0 Å².